The highest BCUT2D eigenvalue weighted by Crippen LogP contribution is 1.84. The topological polar surface area (TPSA) is 46.9 Å². The van der Waals surface area contributed by atoms with E-state index in [0.29, 0.717) is 13.0 Å². The van der Waals surface area contributed by atoms with Crippen LogP contribution in [0.4, 0.5) is 0 Å². The van der Waals surface area contributed by atoms with Gasteiger partial charge in [-0.1, -0.05) is 0 Å². The van der Waals surface area contributed by atoms with Gasteiger partial charge in [-0.15, -0.1) is 11.8 Å². The van der Waals surface area contributed by atoms with E-state index in [0.717, 1.165) is 0 Å². The molecule has 1 N–H and O–H groups in total. The fourth-order valence-corrected chi connectivity index (χ4v) is 0.986. The Morgan fingerprint density at radius 1 is 1.64 bits per heavy atom. The van der Waals surface area contributed by atoms with E-state index >= 15 is 0 Å². The second kappa shape index (κ2) is 5.81. The average molecular weight is 191 g/mol. The van der Waals surface area contributed by atoms with Crippen molar-refractivity contribution >= 4 is 5.91 Å². The van der Waals surface area contributed by atoms with E-state index < -0.39 is 0 Å². The van der Waals surface area contributed by atoms with E-state index in [1.807, 2.05) is 0 Å². The molecule has 0 bridgehead atoms. The molecule has 1 aromatic rings. The molecule has 4 heteroatoms. The van der Waals surface area contributed by atoms with Gasteiger partial charge in [0.25, 0.3) is 0 Å². The van der Waals surface area contributed by atoms with Crippen molar-refractivity contribution in [1.29, 1.82) is 0 Å². The third-order valence-corrected chi connectivity index (χ3v) is 1.61. The molecule has 0 aliphatic heterocycles. The Morgan fingerprint density at radius 2 is 2.50 bits per heavy atom. The molecule has 0 spiro atoms. The smallest absolute Gasteiger partial charge is 0.241 e. The number of nitrogens with zero attached hydrogens (tertiary/aromatic N) is 2. The normalized spacial score (nSPS) is 8.93. The summed E-state index contributed by atoms with van der Waals surface area (Å²) in [6.07, 6.45) is 4.10. The Morgan fingerprint density at radius 3 is 3.14 bits per heavy atom. The molecule has 0 unspecified atom stereocenters. The van der Waals surface area contributed by atoms with Crippen LogP contribution in [0.5, 0.6) is 0 Å². The summed E-state index contributed by atoms with van der Waals surface area (Å²) >= 11 is 0. The van der Waals surface area contributed by atoms with Crippen LogP contribution in [0.3, 0.4) is 0 Å². The number of hydrogen-bond acceptors (Lipinski definition) is 2. The van der Waals surface area contributed by atoms with Crippen molar-refractivity contribution in [2.24, 2.45) is 0 Å². The summed E-state index contributed by atoms with van der Waals surface area (Å²) in [6.45, 7) is 2.65. The minimum Gasteiger partial charge on any atom is -0.354 e. The zero-order chi connectivity index (χ0) is 10.2. The fourth-order valence-electron chi connectivity index (χ4n) is 0.986. The third kappa shape index (κ3) is 3.76. The van der Waals surface area contributed by atoms with Crippen LogP contribution in [0.1, 0.15) is 13.3 Å². The van der Waals surface area contributed by atoms with E-state index in [1.54, 1.807) is 30.1 Å². The maximum absolute atomic E-state index is 11.3. The first-order valence-electron chi connectivity index (χ1n) is 4.46. The van der Waals surface area contributed by atoms with E-state index in [9.17, 15) is 4.79 Å². The van der Waals surface area contributed by atoms with Crippen molar-refractivity contribution in [3.05, 3.63) is 18.5 Å². The zero-order valence-electron chi connectivity index (χ0n) is 8.16. The maximum Gasteiger partial charge on any atom is 0.241 e. The van der Waals surface area contributed by atoms with Gasteiger partial charge in [-0.25, -0.2) is 0 Å². The number of amides is 1. The van der Waals surface area contributed by atoms with E-state index in [4.69, 9.17) is 0 Å². The first-order valence-corrected chi connectivity index (χ1v) is 4.46. The number of hydrogen-bond donors (Lipinski definition) is 1. The number of carbonyl (C=O) groups excluding carboxylic acids is 1. The number of nitrogens with one attached hydrogen (secondary N) is 1. The molecule has 0 fully saturated rings. The van der Waals surface area contributed by atoms with Gasteiger partial charge in [-0.05, 0) is 13.0 Å². The molecule has 0 saturated heterocycles. The monoisotopic (exact) mass is 191 g/mol. The van der Waals surface area contributed by atoms with Crippen LogP contribution in [0.15, 0.2) is 18.5 Å². The lowest BCUT2D eigenvalue weighted by Crippen LogP contribution is -2.28. The number of aromatic nitrogens is 2. The van der Waals surface area contributed by atoms with Crippen molar-refractivity contribution in [2.45, 2.75) is 19.9 Å². The van der Waals surface area contributed by atoms with Gasteiger partial charge in [0.1, 0.15) is 6.54 Å². The van der Waals surface area contributed by atoms with Gasteiger partial charge >= 0.3 is 0 Å². The quantitative estimate of drug-likeness (QED) is 0.553. The summed E-state index contributed by atoms with van der Waals surface area (Å²) in [5.74, 6) is 5.61. The van der Waals surface area contributed by atoms with Crippen LogP contribution >= 0.6 is 0 Å². The molecule has 0 radical (unpaired) electrons. The van der Waals surface area contributed by atoms with Crippen LogP contribution in [0, 0.1) is 11.8 Å². The van der Waals surface area contributed by atoms with Gasteiger partial charge in [0, 0.05) is 25.4 Å². The summed E-state index contributed by atoms with van der Waals surface area (Å²) in [4.78, 5) is 11.3. The highest BCUT2D eigenvalue weighted by Gasteiger charge is 2.00. The SMILES string of the molecule is CC#CCCNC(=O)Cn1cccn1. The molecule has 0 aliphatic rings. The molecule has 4 nitrogen and oxygen atoms in total. The third-order valence-electron chi connectivity index (χ3n) is 1.61. The van der Waals surface area contributed by atoms with Crippen molar-refractivity contribution < 1.29 is 4.79 Å². The van der Waals surface area contributed by atoms with Crippen LogP contribution in [0.25, 0.3) is 0 Å². The molecule has 0 saturated carbocycles. The van der Waals surface area contributed by atoms with Gasteiger partial charge in [0.05, 0.1) is 0 Å². The lowest BCUT2D eigenvalue weighted by Gasteiger charge is -2.02. The average Bonchev–Trinajstić information content (AvgIpc) is 2.65. The molecule has 1 heterocycles. The van der Waals surface area contributed by atoms with Crippen molar-refractivity contribution in [2.75, 3.05) is 6.54 Å². The van der Waals surface area contributed by atoms with Gasteiger partial charge < -0.3 is 5.32 Å². The Bertz CT molecular complexity index is 332. The largest absolute Gasteiger partial charge is 0.354 e. The maximum atomic E-state index is 11.3. The Labute approximate surface area is 83.3 Å². The summed E-state index contributed by atoms with van der Waals surface area (Å²) in [5, 5.41) is 6.68. The highest BCUT2D eigenvalue weighted by atomic mass is 16.2. The molecular weight excluding hydrogens is 178 g/mol. The molecule has 0 aromatic carbocycles. The Hall–Kier alpha value is -1.76. The van der Waals surface area contributed by atoms with E-state index in [1.165, 1.54) is 0 Å². The second-order valence-corrected chi connectivity index (χ2v) is 2.73. The lowest BCUT2D eigenvalue weighted by molar-refractivity contribution is -0.121. The van der Waals surface area contributed by atoms with Crippen LogP contribution < -0.4 is 5.32 Å². The van der Waals surface area contributed by atoms with Gasteiger partial charge in [-0.3, -0.25) is 9.48 Å². The summed E-state index contributed by atoms with van der Waals surface area (Å²) in [5.41, 5.74) is 0. The van der Waals surface area contributed by atoms with Crippen molar-refractivity contribution in [3.8, 4) is 11.8 Å². The van der Waals surface area contributed by atoms with Gasteiger partial charge in [0.2, 0.25) is 5.91 Å². The molecule has 1 amide bonds. The number of rotatable bonds is 4. The summed E-state index contributed by atoms with van der Waals surface area (Å²) in [6, 6.07) is 1.79. The molecular formula is C10H13N3O. The minimum absolute atomic E-state index is 0.0356. The van der Waals surface area contributed by atoms with Crippen LogP contribution in [-0.2, 0) is 11.3 Å². The van der Waals surface area contributed by atoms with E-state index in [-0.39, 0.29) is 12.5 Å². The standard InChI is InChI=1S/C10H13N3O/c1-2-3-4-6-11-10(14)9-13-8-5-7-12-13/h5,7-8H,4,6,9H2,1H3,(H,11,14). The molecule has 0 aliphatic carbocycles. The second-order valence-electron chi connectivity index (χ2n) is 2.73. The van der Waals surface area contributed by atoms with Crippen LogP contribution in [-0.4, -0.2) is 22.2 Å². The van der Waals surface area contributed by atoms with Crippen LogP contribution in [0.2, 0.25) is 0 Å². The van der Waals surface area contributed by atoms with Gasteiger partial charge in [-0.2, -0.15) is 5.10 Å². The fraction of sp³-hybridized carbons (Fsp3) is 0.400. The molecule has 1 rings (SSSR count). The molecule has 74 valence electrons. The first kappa shape index (κ1) is 10.3. The summed E-state index contributed by atoms with van der Waals surface area (Å²) in [7, 11) is 0. The lowest BCUT2D eigenvalue weighted by atomic mass is 10.4. The number of carbonyl (C=O) groups is 1. The first-order chi connectivity index (χ1) is 6.83. The molecule has 0 atom stereocenters. The Kier molecular flexibility index (Phi) is 4.29. The Balaban J connectivity index is 2.19. The summed E-state index contributed by atoms with van der Waals surface area (Å²) < 4.78 is 1.58. The highest BCUT2D eigenvalue weighted by molar-refractivity contribution is 5.75. The van der Waals surface area contributed by atoms with Crippen molar-refractivity contribution in [3.63, 3.8) is 0 Å². The molecule has 14 heavy (non-hydrogen) atoms. The predicted molar refractivity (Wildman–Crippen MR) is 53.3 cm³/mol. The van der Waals surface area contributed by atoms with E-state index in [2.05, 4.69) is 22.3 Å². The minimum atomic E-state index is -0.0356. The van der Waals surface area contributed by atoms with Gasteiger partial charge in [0.15, 0.2) is 0 Å². The van der Waals surface area contributed by atoms with Crippen molar-refractivity contribution in [1.82, 2.24) is 15.1 Å². The zero-order valence-corrected chi connectivity index (χ0v) is 8.16. The predicted octanol–water partition coefficient (Wildman–Crippen LogP) is 0.413. The molecule has 1 aromatic heterocycles.